The number of aromatic amines is 1. The number of nitrogens with one attached hydrogen (secondary N) is 1. The van der Waals surface area contributed by atoms with E-state index in [2.05, 4.69) is 10.2 Å². The van der Waals surface area contributed by atoms with Crippen LogP contribution in [0.15, 0.2) is 6.07 Å². The fraction of sp³-hybridized carbons (Fsp3) is 0.600. The molecule has 2 rings (SSSR count). The predicted molar refractivity (Wildman–Crippen MR) is 53.4 cm³/mol. The van der Waals surface area contributed by atoms with Gasteiger partial charge in [0.05, 0.1) is 0 Å². The van der Waals surface area contributed by atoms with Gasteiger partial charge in [-0.25, -0.2) is 4.39 Å². The molecule has 1 aliphatic rings. The summed E-state index contributed by atoms with van der Waals surface area (Å²) >= 11 is 0. The Bertz CT molecular complexity index is 355. The molecule has 2 heterocycles. The summed E-state index contributed by atoms with van der Waals surface area (Å²) in [5.41, 5.74) is 1.28. The number of carbonyl (C=O) groups excluding carboxylic acids is 1. The van der Waals surface area contributed by atoms with Crippen LogP contribution in [0.2, 0.25) is 0 Å². The van der Waals surface area contributed by atoms with Crippen LogP contribution in [0.4, 0.5) is 4.39 Å². The monoisotopic (exact) mass is 211 g/mol. The summed E-state index contributed by atoms with van der Waals surface area (Å²) in [6.07, 6.45) is 0.125. The van der Waals surface area contributed by atoms with Crippen molar-refractivity contribution in [3.8, 4) is 0 Å². The Morgan fingerprint density at radius 2 is 2.27 bits per heavy atom. The van der Waals surface area contributed by atoms with Gasteiger partial charge in [-0.3, -0.25) is 9.89 Å². The third-order valence-corrected chi connectivity index (χ3v) is 2.64. The maximum atomic E-state index is 12.9. The van der Waals surface area contributed by atoms with Gasteiger partial charge >= 0.3 is 0 Å². The molecular formula is C10H14FN3O. The van der Waals surface area contributed by atoms with Gasteiger partial charge in [-0.15, -0.1) is 0 Å². The van der Waals surface area contributed by atoms with E-state index in [-0.39, 0.29) is 5.91 Å². The standard InChI is InChI=1S/C10H14FN3O/c1-7-6-9(13-12-7)10(15)14-4-2-8(11)3-5-14/h6,8H,2-5H2,1H3,(H,12,13). The van der Waals surface area contributed by atoms with Crippen molar-refractivity contribution in [1.29, 1.82) is 0 Å². The summed E-state index contributed by atoms with van der Waals surface area (Å²) in [5, 5.41) is 6.63. The summed E-state index contributed by atoms with van der Waals surface area (Å²) in [6.45, 7) is 2.83. The van der Waals surface area contributed by atoms with Crippen molar-refractivity contribution < 1.29 is 9.18 Å². The molecule has 15 heavy (non-hydrogen) atoms. The molecule has 0 radical (unpaired) electrons. The van der Waals surface area contributed by atoms with Gasteiger partial charge in [0.25, 0.3) is 5.91 Å². The van der Waals surface area contributed by atoms with Crippen molar-refractivity contribution in [3.05, 3.63) is 17.5 Å². The Balaban J connectivity index is 2.02. The largest absolute Gasteiger partial charge is 0.337 e. The van der Waals surface area contributed by atoms with Crippen LogP contribution in [0.25, 0.3) is 0 Å². The topological polar surface area (TPSA) is 49.0 Å². The molecule has 0 aliphatic carbocycles. The molecule has 0 unspecified atom stereocenters. The summed E-state index contributed by atoms with van der Waals surface area (Å²) in [7, 11) is 0. The zero-order chi connectivity index (χ0) is 10.8. The van der Waals surface area contributed by atoms with Crippen LogP contribution in [-0.4, -0.2) is 40.3 Å². The van der Waals surface area contributed by atoms with E-state index in [0.717, 1.165) is 5.69 Å². The molecule has 82 valence electrons. The molecule has 1 fully saturated rings. The van der Waals surface area contributed by atoms with E-state index < -0.39 is 6.17 Å². The Kier molecular flexibility index (Phi) is 2.70. The summed E-state index contributed by atoms with van der Waals surface area (Å²) in [6, 6.07) is 1.71. The molecule has 0 saturated carbocycles. The maximum absolute atomic E-state index is 12.9. The fourth-order valence-corrected chi connectivity index (χ4v) is 1.74. The molecule has 1 saturated heterocycles. The summed E-state index contributed by atoms with van der Waals surface area (Å²) in [4.78, 5) is 13.5. The molecule has 0 spiro atoms. The Hall–Kier alpha value is -1.39. The van der Waals surface area contributed by atoms with Gasteiger partial charge in [0, 0.05) is 18.8 Å². The van der Waals surface area contributed by atoms with Gasteiger partial charge in [-0.05, 0) is 25.8 Å². The Morgan fingerprint density at radius 1 is 1.60 bits per heavy atom. The number of rotatable bonds is 1. The number of amides is 1. The van der Waals surface area contributed by atoms with Crippen molar-refractivity contribution >= 4 is 5.91 Å². The van der Waals surface area contributed by atoms with E-state index >= 15 is 0 Å². The van der Waals surface area contributed by atoms with E-state index in [1.165, 1.54) is 0 Å². The summed E-state index contributed by atoms with van der Waals surface area (Å²) in [5.74, 6) is -0.105. The van der Waals surface area contributed by atoms with Crippen molar-refractivity contribution in [1.82, 2.24) is 15.1 Å². The van der Waals surface area contributed by atoms with Gasteiger partial charge in [0.1, 0.15) is 11.9 Å². The van der Waals surface area contributed by atoms with Gasteiger partial charge in [0.15, 0.2) is 0 Å². The molecule has 0 atom stereocenters. The number of likely N-dealkylation sites (tertiary alicyclic amines) is 1. The van der Waals surface area contributed by atoms with Crippen LogP contribution in [0, 0.1) is 6.92 Å². The lowest BCUT2D eigenvalue weighted by atomic mass is 10.1. The van der Waals surface area contributed by atoms with Crippen LogP contribution in [0.5, 0.6) is 0 Å². The van der Waals surface area contributed by atoms with E-state index in [1.807, 2.05) is 6.92 Å². The minimum absolute atomic E-state index is 0.105. The first-order valence-electron chi connectivity index (χ1n) is 5.12. The lowest BCUT2D eigenvalue weighted by molar-refractivity contribution is 0.0661. The molecule has 1 aromatic heterocycles. The number of aryl methyl sites for hydroxylation is 1. The van der Waals surface area contributed by atoms with Gasteiger partial charge in [-0.2, -0.15) is 5.10 Å². The fourth-order valence-electron chi connectivity index (χ4n) is 1.74. The minimum Gasteiger partial charge on any atom is -0.337 e. The number of carbonyl (C=O) groups is 1. The lowest BCUT2D eigenvalue weighted by Gasteiger charge is -2.27. The number of hydrogen-bond acceptors (Lipinski definition) is 2. The molecule has 1 N–H and O–H groups in total. The zero-order valence-corrected chi connectivity index (χ0v) is 8.66. The average molecular weight is 211 g/mol. The number of piperidine rings is 1. The molecule has 1 aliphatic heterocycles. The van der Waals surface area contributed by atoms with Crippen molar-refractivity contribution in [2.24, 2.45) is 0 Å². The highest BCUT2D eigenvalue weighted by Gasteiger charge is 2.24. The number of H-pyrrole nitrogens is 1. The Labute approximate surface area is 87.5 Å². The third kappa shape index (κ3) is 2.16. The van der Waals surface area contributed by atoms with Gasteiger partial charge in [0.2, 0.25) is 0 Å². The third-order valence-electron chi connectivity index (χ3n) is 2.64. The number of halogens is 1. The number of aromatic nitrogens is 2. The second-order valence-electron chi connectivity index (χ2n) is 3.90. The molecule has 1 amide bonds. The molecule has 0 bridgehead atoms. The first-order chi connectivity index (χ1) is 7.16. The predicted octanol–water partition coefficient (Wildman–Crippen LogP) is 1.29. The second-order valence-corrected chi connectivity index (χ2v) is 3.90. The number of alkyl halides is 1. The summed E-state index contributed by atoms with van der Waals surface area (Å²) < 4.78 is 12.9. The van der Waals surface area contributed by atoms with Crippen LogP contribution in [0.3, 0.4) is 0 Å². The number of nitrogens with zero attached hydrogens (tertiary/aromatic N) is 2. The number of hydrogen-bond donors (Lipinski definition) is 1. The molecule has 0 aromatic carbocycles. The van der Waals surface area contributed by atoms with Crippen molar-refractivity contribution in [3.63, 3.8) is 0 Å². The van der Waals surface area contributed by atoms with Gasteiger partial charge < -0.3 is 4.90 Å². The highest BCUT2D eigenvalue weighted by molar-refractivity contribution is 5.92. The van der Waals surface area contributed by atoms with Crippen molar-refractivity contribution in [2.75, 3.05) is 13.1 Å². The normalized spacial score (nSPS) is 18.1. The highest BCUT2D eigenvalue weighted by atomic mass is 19.1. The average Bonchev–Trinajstić information content (AvgIpc) is 2.65. The maximum Gasteiger partial charge on any atom is 0.274 e. The second kappa shape index (κ2) is 4.00. The minimum atomic E-state index is -0.755. The zero-order valence-electron chi connectivity index (χ0n) is 8.66. The highest BCUT2D eigenvalue weighted by Crippen LogP contribution is 2.15. The molecule has 1 aromatic rings. The van der Waals surface area contributed by atoms with Crippen molar-refractivity contribution in [2.45, 2.75) is 25.9 Å². The molecule has 5 heteroatoms. The smallest absolute Gasteiger partial charge is 0.274 e. The van der Waals surface area contributed by atoms with Crippen LogP contribution in [-0.2, 0) is 0 Å². The quantitative estimate of drug-likeness (QED) is 0.761. The molecular weight excluding hydrogens is 197 g/mol. The first-order valence-corrected chi connectivity index (χ1v) is 5.12. The SMILES string of the molecule is Cc1cc(C(=O)N2CCC(F)CC2)n[nH]1. The van der Waals surface area contributed by atoms with Gasteiger partial charge in [-0.1, -0.05) is 0 Å². The van der Waals surface area contributed by atoms with E-state index in [9.17, 15) is 9.18 Å². The van der Waals surface area contributed by atoms with E-state index in [1.54, 1.807) is 11.0 Å². The van der Waals surface area contributed by atoms with E-state index in [0.29, 0.717) is 31.6 Å². The van der Waals surface area contributed by atoms with Crippen LogP contribution < -0.4 is 0 Å². The Morgan fingerprint density at radius 3 is 2.80 bits per heavy atom. The van der Waals surface area contributed by atoms with Crippen LogP contribution >= 0.6 is 0 Å². The molecule has 4 nitrogen and oxygen atoms in total. The first kappa shape index (κ1) is 10.1. The lowest BCUT2D eigenvalue weighted by Crippen LogP contribution is -2.39. The van der Waals surface area contributed by atoms with Crippen LogP contribution in [0.1, 0.15) is 29.0 Å². The van der Waals surface area contributed by atoms with E-state index in [4.69, 9.17) is 0 Å².